The summed E-state index contributed by atoms with van der Waals surface area (Å²) in [6.07, 6.45) is 0.0733. The van der Waals surface area contributed by atoms with Gasteiger partial charge in [0.2, 0.25) is 0 Å². The maximum absolute atomic E-state index is 12.0. The molecule has 7 nitrogen and oxygen atoms in total. The Bertz CT molecular complexity index is 761. The van der Waals surface area contributed by atoms with Crippen molar-refractivity contribution >= 4 is 11.9 Å². The van der Waals surface area contributed by atoms with Crippen molar-refractivity contribution in [3.63, 3.8) is 0 Å². The number of furan rings is 1. The highest BCUT2D eigenvalue weighted by Crippen LogP contribution is 2.27. The van der Waals surface area contributed by atoms with Crippen molar-refractivity contribution in [3.05, 3.63) is 46.9 Å². The molecule has 0 aliphatic rings. The summed E-state index contributed by atoms with van der Waals surface area (Å²) in [4.78, 5) is 23.5. The second-order valence-corrected chi connectivity index (χ2v) is 5.20. The smallest absolute Gasteiger partial charge is 0.341 e. The molecule has 7 heteroatoms. The largest absolute Gasteiger partial charge is 0.493 e. The Morgan fingerprint density at radius 2 is 1.76 bits per heavy atom. The van der Waals surface area contributed by atoms with Crippen LogP contribution in [-0.4, -0.2) is 33.3 Å². The number of hydrogen-bond acceptors (Lipinski definition) is 7. The van der Waals surface area contributed by atoms with Gasteiger partial charge in [-0.25, -0.2) is 4.79 Å². The minimum atomic E-state index is -0.496. The molecular formula is C18H20O7. The monoisotopic (exact) mass is 348 g/mol. The lowest BCUT2D eigenvalue weighted by molar-refractivity contribution is -0.144. The van der Waals surface area contributed by atoms with Gasteiger partial charge in [0.15, 0.2) is 11.5 Å². The van der Waals surface area contributed by atoms with Crippen LogP contribution in [0.3, 0.4) is 0 Å². The van der Waals surface area contributed by atoms with Gasteiger partial charge in [-0.2, -0.15) is 0 Å². The van der Waals surface area contributed by atoms with Crippen LogP contribution in [0.5, 0.6) is 11.5 Å². The van der Waals surface area contributed by atoms with Crippen molar-refractivity contribution in [2.45, 2.75) is 20.0 Å². The Balaban J connectivity index is 1.96. The zero-order valence-corrected chi connectivity index (χ0v) is 14.6. The maximum atomic E-state index is 12.0. The molecule has 0 spiro atoms. The molecule has 1 heterocycles. The summed E-state index contributed by atoms with van der Waals surface area (Å²) in [7, 11) is 4.36. The van der Waals surface area contributed by atoms with Crippen molar-refractivity contribution < 1.29 is 33.0 Å². The number of carbonyl (C=O) groups excluding carboxylic acids is 2. The third-order valence-electron chi connectivity index (χ3n) is 3.55. The summed E-state index contributed by atoms with van der Waals surface area (Å²) >= 11 is 0. The number of rotatable bonds is 7. The normalized spacial score (nSPS) is 10.2. The molecule has 2 aromatic rings. The van der Waals surface area contributed by atoms with E-state index in [-0.39, 0.29) is 13.0 Å². The average Bonchev–Trinajstić information content (AvgIpc) is 3.00. The molecule has 0 saturated heterocycles. The first-order valence-corrected chi connectivity index (χ1v) is 7.52. The highest BCUT2D eigenvalue weighted by molar-refractivity contribution is 5.90. The van der Waals surface area contributed by atoms with Gasteiger partial charge in [-0.15, -0.1) is 0 Å². The molecule has 1 aromatic heterocycles. The Morgan fingerprint density at radius 3 is 2.40 bits per heavy atom. The number of ether oxygens (including phenoxy) is 4. The highest BCUT2D eigenvalue weighted by atomic mass is 16.5. The van der Waals surface area contributed by atoms with E-state index in [1.165, 1.54) is 20.3 Å². The lowest BCUT2D eigenvalue weighted by Gasteiger charge is -2.09. The third-order valence-corrected chi connectivity index (χ3v) is 3.55. The second-order valence-electron chi connectivity index (χ2n) is 5.20. The van der Waals surface area contributed by atoms with Crippen molar-refractivity contribution in [1.82, 2.24) is 0 Å². The Kier molecular flexibility index (Phi) is 6.05. The molecule has 0 aliphatic heterocycles. The van der Waals surface area contributed by atoms with Gasteiger partial charge in [0, 0.05) is 0 Å². The number of hydrogen-bond donors (Lipinski definition) is 0. The Morgan fingerprint density at radius 1 is 1.04 bits per heavy atom. The van der Waals surface area contributed by atoms with Crippen molar-refractivity contribution in [3.8, 4) is 11.5 Å². The molecule has 0 fully saturated rings. The van der Waals surface area contributed by atoms with E-state index < -0.39 is 11.9 Å². The Hall–Kier alpha value is -2.96. The van der Waals surface area contributed by atoms with E-state index in [1.807, 2.05) is 0 Å². The number of carbonyl (C=O) groups is 2. The van der Waals surface area contributed by atoms with Crippen LogP contribution in [0.25, 0.3) is 0 Å². The number of esters is 2. The van der Waals surface area contributed by atoms with E-state index in [0.29, 0.717) is 28.6 Å². The SMILES string of the molecule is COC(=O)c1cc(COC(=O)Cc2ccc(OC)c(OC)c2)oc1C. The van der Waals surface area contributed by atoms with Gasteiger partial charge in [0.25, 0.3) is 0 Å². The molecule has 0 atom stereocenters. The Labute approximate surface area is 145 Å². The third kappa shape index (κ3) is 4.53. The molecule has 134 valence electrons. The van der Waals surface area contributed by atoms with Gasteiger partial charge in [-0.05, 0) is 30.7 Å². The van der Waals surface area contributed by atoms with Crippen molar-refractivity contribution in [2.24, 2.45) is 0 Å². The molecule has 0 aliphatic carbocycles. The van der Waals surface area contributed by atoms with Gasteiger partial charge in [-0.3, -0.25) is 4.79 Å². The van der Waals surface area contributed by atoms with Gasteiger partial charge in [0.1, 0.15) is 23.7 Å². The predicted molar refractivity (Wildman–Crippen MR) is 87.8 cm³/mol. The topological polar surface area (TPSA) is 84.2 Å². The van der Waals surface area contributed by atoms with E-state index in [9.17, 15) is 9.59 Å². The van der Waals surface area contributed by atoms with Crippen LogP contribution in [0.15, 0.2) is 28.7 Å². The van der Waals surface area contributed by atoms with Gasteiger partial charge in [-0.1, -0.05) is 6.07 Å². The predicted octanol–water partition coefficient (Wildman–Crippen LogP) is 2.68. The van der Waals surface area contributed by atoms with E-state index >= 15 is 0 Å². The lowest BCUT2D eigenvalue weighted by Crippen LogP contribution is -2.08. The molecule has 0 unspecified atom stereocenters. The lowest BCUT2D eigenvalue weighted by atomic mass is 10.1. The van der Waals surface area contributed by atoms with Crippen LogP contribution in [-0.2, 0) is 27.3 Å². The van der Waals surface area contributed by atoms with Crippen LogP contribution < -0.4 is 9.47 Å². The standard InChI is InChI=1S/C18H20O7/c1-11-14(18(20)23-4)9-13(25-11)10-24-17(19)8-12-5-6-15(21-2)16(7-12)22-3/h5-7,9H,8,10H2,1-4H3. The first-order valence-electron chi connectivity index (χ1n) is 7.52. The summed E-state index contributed by atoms with van der Waals surface area (Å²) < 4.78 is 25.6. The fourth-order valence-electron chi connectivity index (χ4n) is 2.29. The van der Waals surface area contributed by atoms with Gasteiger partial charge in [0.05, 0.1) is 27.8 Å². The second kappa shape index (κ2) is 8.23. The molecule has 1 aromatic carbocycles. The fourth-order valence-corrected chi connectivity index (χ4v) is 2.29. The number of aryl methyl sites for hydroxylation is 1. The van der Waals surface area contributed by atoms with Crippen LogP contribution in [0.1, 0.15) is 27.4 Å². The minimum Gasteiger partial charge on any atom is -0.493 e. The molecule has 2 rings (SSSR count). The summed E-state index contributed by atoms with van der Waals surface area (Å²) in [5, 5.41) is 0. The molecule has 0 N–H and O–H groups in total. The number of benzene rings is 1. The highest BCUT2D eigenvalue weighted by Gasteiger charge is 2.16. The van der Waals surface area contributed by atoms with E-state index in [0.717, 1.165) is 5.56 Å². The summed E-state index contributed by atoms with van der Waals surface area (Å²) in [6.45, 7) is 1.57. The summed E-state index contributed by atoms with van der Waals surface area (Å²) in [6, 6.07) is 6.70. The molecular weight excluding hydrogens is 328 g/mol. The molecule has 0 radical (unpaired) electrons. The van der Waals surface area contributed by atoms with E-state index in [4.69, 9.17) is 18.6 Å². The quantitative estimate of drug-likeness (QED) is 0.711. The number of methoxy groups -OCH3 is 3. The fraction of sp³-hybridized carbons (Fsp3) is 0.333. The van der Waals surface area contributed by atoms with E-state index in [1.54, 1.807) is 32.2 Å². The average molecular weight is 348 g/mol. The van der Waals surface area contributed by atoms with Crippen LogP contribution in [0.2, 0.25) is 0 Å². The molecule has 0 saturated carbocycles. The maximum Gasteiger partial charge on any atom is 0.341 e. The zero-order chi connectivity index (χ0) is 18.4. The zero-order valence-electron chi connectivity index (χ0n) is 14.6. The van der Waals surface area contributed by atoms with Crippen LogP contribution >= 0.6 is 0 Å². The minimum absolute atomic E-state index is 0.0655. The van der Waals surface area contributed by atoms with Gasteiger partial charge < -0.3 is 23.4 Å². The van der Waals surface area contributed by atoms with Crippen LogP contribution in [0, 0.1) is 6.92 Å². The molecule has 25 heavy (non-hydrogen) atoms. The summed E-state index contributed by atoms with van der Waals surface area (Å²) in [5.74, 6) is 0.986. The first kappa shape index (κ1) is 18.4. The van der Waals surface area contributed by atoms with Gasteiger partial charge >= 0.3 is 11.9 Å². The first-order chi connectivity index (χ1) is 12.0. The summed E-state index contributed by atoms with van der Waals surface area (Å²) in [5.41, 5.74) is 1.04. The molecule has 0 amide bonds. The molecule has 0 bridgehead atoms. The van der Waals surface area contributed by atoms with Crippen molar-refractivity contribution in [1.29, 1.82) is 0 Å². The van der Waals surface area contributed by atoms with Crippen LogP contribution in [0.4, 0.5) is 0 Å². The van der Waals surface area contributed by atoms with Crippen molar-refractivity contribution in [2.75, 3.05) is 21.3 Å². The van der Waals surface area contributed by atoms with E-state index in [2.05, 4.69) is 4.74 Å².